The minimum atomic E-state index is -0.581. The molecule has 0 atom stereocenters. The third-order valence-corrected chi connectivity index (χ3v) is 2.62. The lowest BCUT2D eigenvalue weighted by molar-refractivity contribution is 0.0490. The largest absolute Gasteiger partial charge is 0.507 e. The van der Waals surface area contributed by atoms with Crippen LogP contribution in [-0.4, -0.2) is 22.7 Å². The highest BCUT2D eigenvalue weighted by molar-refractivity contribution is 5.88. The summed E-state index contributed by atoms with van der Waals surface area (Å²) in [6.45, 7) is 3.57. The second kappa shape index (κ2) is 5.45. The Morgan fingerprint density at radius 2 is 2.30 bits per heavy atom. The molecular weight excluding hydrogens is 260 g/mol. The summed E-state index contributed by atoms with van der Waals surface area (Å²) in [5, 5.41) is 18.3. The second-order valence-electron chi connectivity index (χ2n) is 4.00. The van der Waals surface area contributed by atoms with Crippen molar-refractivity contribution in [3.8, 4) is 23.3 Å². The molecule has 0 aliphatic heterocycles. The number of hydrogen-bond acceptors (Lipinski definition) is 6. The number of nitrogens with zero attached hydrogens (tertiary/aromatic N) is 2. The number of phenols is 1. The van der Waals surface area contributed by atoms with E-state index >= 15 is 0 Å². The summed E-state index contributed by atoms with van der Waals surface area (Å²) in [5.41, 5.74) is 1.01. The van der Waals surface area contributed by atoms with Crippen molar-refractivity contribution in [2.45, 2.75) is 13.8 Å². The number of esters is 1. The van der Waals surface area contributed by atoms with Crippen LogP contribution < -0.4 is 0 Å². The highest BCUT2D eigenvalue weighted by Gasteiger charge is 2.19. The fraction of sp³-hybridized carbons (Fsp3) is 0.214. The molecule has 6 nitrogen and oxygen atoms in total. The lowest BCUT2D eigenvalue weighted by Gasteiger charge is -1.99. The topological polar surface area (TPSA) is 96.4 Å². The van der Waals surface area contributed by atoms with E-state index < -0.39 is 5.97 Å². The van der Waals surface area contributed by atoms with Crippen LogP contribution in [-0.2, 0) is 4.74 Å². The Kier molecular flexibility index (Phi) is 3.71. The average molecular weight is 272 g/mol. The van der Waals surface area contributed by atoms with E-state index in [1.54, 1.807) is 19.9 Å². The van der Waals surface area contributed by atoms with Crippen molar-refractivity contribution in [1.82, 2.24) is 4.98 Å². The van der Waals surface area contributed by atoms with Gasteiger partial charge in [-0.1, -0.05) is 0 Å². The number of rotatable bonds is 3. The van der Waals surface area contributed by atoms with Gasteiger partial charge in [0.15, 0.2) is 0 Å². The van der Waals surface area contributed by atoms with Crippen LogP contribution in [0.4, 0.5) is 0 Å². The quantitative estimate of drug-likeness (QED) is 0.862. The number of carbonyl (C=O) groups excluding carboxylic acids is 1. The molecule has 0 radical (unpaired) electrons. The van der Waals surface area contributed by atoms with E-state index in [-0.39, 0.29) is 29.6 Å². The zero-order valence-electron chi connectivity index (χ0n) is 11.0. The Balaban J connectivity index is 2.42. The third kappa shape index (κ3) is 2.47. The number of ether oxygens (including phenoxy) is 1. The van der Waals surface area contributed by atoms with E-state index in [1.807, 2.05) is 6.07 Å². The average Bonchev–Trinajstić information content (AvgIpc) is 2.82. The zero-order chi connectivity index (χ0) is 14.7. The molecule has 0 amide bonds. The molecule has 2 aromatic rings. The Bertz CT molecular complexity index is 698. The van der Waals surface area contributed by atoms with Crippen LogP contribution in [0.1, 0.15) is 28.7 Å². The van der Waals surface area contributed by atoms with E-state index in [2.05, 4.69) is 4.98 Å². The monoisotopic (exact) mass is 272 g/mol. The van der Waals surface area contributed by atoms with Gasteiger partial charge in [0.1, 0.15) is 11.8 Å². The summed E-state index contributed by atoms with van der Waals surface area (Å²) >= 11 is 0. The zero-order valence-corrected chi connectivity index (χ0v) is 11.0. The van der Waals surface area contributed by atoms with Crippen LogP contribution in [0.3, 0.4) is 0 Å². The molecule has 0 bridgehead atoms. The predicted molar refractivity (Wildman–Crippen MR) is 69.0 cm³/mol. The van der Waals surface area contributed by atoms with E-state index in [1.165, 1.54) is 12.1 Å². The van der Waals surface area contributed by atoms with Crippen molar-refractivity contribution >= 4 is 5.97 Å². The minimum absolute atomic E-state index is 0.0356. The number of aryl methyl sites for hydroxylation is 1. The fourth-order valence-corrected chi connectivity index (χ4v) is 1.66. The SMILES string of the molecule is CCOC(=O)c1oc(-c2ccc(O)c(C#N)c2)nc1C. The van der Waals surface area contributed by atoms with Gasteiger partial charge in [-0.15, -0.1) is 0 Å². The van der Waals surface area contributed by atoms with Crippen LogP contribution >= 0.6 is 0 Å². The highest BCUT2D eigenvalue weighted by Crippen LogP contribution is 2.26. The molecule has 1 N–H and O–H groups in total. The summed E-state index contributed by atoms with van der Waals surface area (Å²) in [6.07, 6.45) is 0. The molecule has 102 valence electrons. The summed E-state index contributed by atoms with van der Waals surface area (Å²) in [5.74, 6) is -0.469. The van der Waals surface area contributed by atoms with Gasteiger partial charge in [-0.3, -0.25) is 0 Å². The van der Waals surface area contributed by atoms with Crippen LogP contribution in [0.25, 0.3) is 11.5 Å². The van der Waals surface area contributed by atoms with Gasteiger partial charge in [0.25, 0.3) is 0 Å². The minimum Gasteiger partial charge on any atom is -0.507 e. The number of aromatic nitrogens is 1. The smallest absolute Gasteiger partial charge is 0.376 e. The van der Waals surface area contributed by atoms with Crippen molar-refractivity contribution in [3.63, 3.8) is 0 Å². The number of phenolic OH excluding ortho intramolecular Hbond substituents is 1. The molecule has 20 heavy (non-hydrogen) atoms. The Morgan fingerprint density at radius 3 is 2.95 bits per heavy atom. The number of nitriles is 1. The maximum Gasteiger partial charge on any atom is 0.376 e. The number of hydrogen-bond donors (Lipinski definition) is 1. The van der Waals surface area contributed by atoms with Gasteiger partial charge in [0, 0.05) is 5.56 Å². The van der Waals surface area contributed by atoms with Gasteiger partial charge >= 0.3 is 5.97 Å². The summed E-state index contributed by atoms with van der Waals surface area (Å²) in [4.78, 5) is 15.8. The lowest BCUT2D eigenvalue weighted by atomic mass is 10.1. The molecule has 0 aliphatic rings. The lowest BCUT2D eigenvalue weighted by Crippen LogP contribution is -2.04. The first-order chi connectivity index (χ1) is 9.56. The molecular formula is C14H12N2O4. The standard InChI is InChI=1S/C14H12N2O4/c1-3-19-14(18)12-8(2)16-13(20-12)9-4-5-11(17)10(6-9)7-15/h4-6,17H,3H2,1-2H3. The van der Waals surface area contributed by atoms with Crippen molar-refractivity contribution < 1.29 is 19.1 Å². The number of oxazole rings is 1. The summed E-state index contributed by atoms with van der Waals surface area (Å²) in [7, 11) is 0. The van der Waals surface area contributed by atoms with Crippen molar-refractivity contribution in [2.24, 2.45) is 0 Å². The Hall–Kier alpha value is -2.81. The van der Waals surface area contributed by atoms with E-state index in [0.29, 0.717) is 11.3 Å². The summed E-state index contributed by atoms with van der Waals surface area (Å²) in [6, 6.07) is 6.22. The molecule has 0 unspecified atom stereocenters. The number of benzene rings is 1. The molecule has 1 aromatic carbocycles. The molecule has 1 aromatic heterocycles. The molecule has 2 rings (SSSR count). The van der Waals surface area contributed by atoms with Gasteiger partial charge in [0.2, 0.25) is 11.7 Å². The normalized spacial score (nSPS) is 10.1. The Morgan fingerprint density at radius 1 is 1.55 bits per heavy atom. The van der Waals surface area contributed by atoms with Crippen LogP contribution in [0.2, 0.25) is 0 Å². The fourth-order valence-electron chi connectivity index (χ4n) is 1.66. The molecule has 6 heteroatoms. The van der Waals surface area contributed by atoms with Crippen molar-refractivity contribution in [1.29, 1.82) is 5.26 Å². The van der Waals surface area contributed by atoms with Gasteiger partial charge in [-0.2, -0.15) is 5.26 Å². The summed E-state index contributed by atoms with van der Waals surface area (Å²) < 4.78 is 10.2. The first kappa shape index (κ1) is 13.6. The molecule has 0 saturated heterocycles. The highest BCUT2D eigenvalue weighted by atomic mass is 16.5. The molecule has 0 saturated carbocycles. The van der Waals surface area contributed by atoms with Crippen LogP contribution in [0, 0.1) is 18.3 Å². The molecule has 0 aliphatic carbocycles. The maximum absolute atomic E-state index is 11.6. The molecule has 0 spiro atoms. The van der Waals surface area contributed by atoms with E-state index in [0.717, 1.165) is 0 Å². The molecule has 1 heterocycles. The van der Waals surface area contributed by atoms with Gasteiger partial charge in [-0.25, -0.2) is 9.78 Å². The van der Waals surface area contributed by atoms with E-state index in [4.69, 9.17) is 14.4 Å². The van der Waals surface area contributed by atoms with Gasteiger partial charge in [-0.05, 0) is 32.0 Å². The predicted octanol–water partition coefficient (Wildman–Crippen LogP) is 2.40. The second-order valence-corrected chi connectivity index (χ2v) is 4.00. The first-order valence-corrected chi connectivity index (χ1v) is 5.94. The van der Waals surface area contributed by atoms with Crippen LogP contribution in [0.15, 0.2) is 22.6 Å². The van der Waals surface area contributed by atoms with E-state index in [9.17, 15) is 9.90 Å². The first-order valence-electron chi connectivity index (χ1n) is 5.94. The number of aromatic hydroxyl groups is 1. The van der Waals surface area contributed by atoms with Crippen molar-refractivity contribution in [3.05, 3.63) is 35.2 Å². The van der Waals surface area contributed by atoms with Crippen molar-refractivity contribution in [2.75, 3.05) is 6.61 Å². The third-order valence-electron chi connectivity index (χ3n) is 2.62. The van der Waals surface area contributed by atoms with Crippen LogP contribution in [0.5, 0.6) is 5.75 Å². The molecule has 0 fully saturated rings. The maximum atomic E-state index is 11.6. The van der Waals surface area contributed by atoms with Gasteiger partial charge < -0.3 is 14.3 Å². The van der Waals surface area contributed by atoms with Gasteiger partial charge in [0.05, 0.1) is 17.9 Å². The number of carbonyl (C=O) groups is 1. The Labute approximate surface area is 115 Å².